The van der Waals surface area contributed by atoms with Crippen LogP contribution in [0, 0.1) is 18.8 Å². The zero-order chi connectivity index (χ0) is 27.1. The van der Waals surface area contributed by atoms with Gasteiger partial charge in [0.2, 0.25) is 0 Å². The van der Waals surface area contributed by atoms with Crippen molar-refractivity contribution in [3.63, 3.8) is 0 Å². The molecule has 0 bridgehead atoms. The number of rotatable bonds is 5. The van der Waals surface area contributed by atoms with Crippen LogP contribution in [-0.2, 0) is 17.1 Å². The number of carboxylic acid groups (broad SMARTS) is 1. The summed E-state index contributed by atoms with van der Waals surface area (Å²) < 4.78 is 86.6. The van der Waals surface area contributed by atoms with E-state index in [1.807, 2.05) is 31.2 Å². The summed E-state index contributed by atoms with van der Waals surface area (Å²) in [4.78, 5) is 13.0. The minimum atomic E-state index is -5.03. The van der Waals surface area contributed by atoms with Gasteiger partial charge in [-0.05, 0) is 66.5 Å². The third-order valence-electron chi connectivity index (χ3n) is 7.48. The van der Waals surface area contributed by atoms with Crippen molar-refractivity contribution in [3.8, 4) is 0 Å². The maximum atomic E-state index is 13.4. The molecular weight excluding hydrogens is 504 g/mol. The maximum Gasteiger partial charge on any atom is 0.416 e. The number of hydrogen-bond acceptors (Lipinski definition) is 3. The number of fused-ring (bicyclic) bond motifs is 1. The molecule has 2 aliphatic rings. The summed E-state index contributed by atoms with van der Waals surface area (Å²) in [6.07, 6.45) is -12.2. The number of aliphatic hydroxyl groups is 1. The Labute approximate surface area is 209 Å². The molecule has 2 aromatic rings. The lowest BCUT2D eigenvalue weighted by Gasteiger charge is -2.41. The molecule has 0 radical (unpaired) electrons. The van der Waals surface area contributed by atoms with Gasteiger partial charge in [-0.3, -0.25) is 0 Å². The zero-order valence-corrected chi connectivity index (χ0v) is 19.9. The number of hydrogen-bond donors (Lipinski definition) is 2. The van der Waals surface area contributed by atoms with E-state index in [4.69, 9.17) is 4.74 Å². The van der Waals surface area contributed by atoms with Crippen LogP contribution in [0.5, 0.6) is 0 Å². The molecule has 1 saturated heterocycles. The summed E-state index contributed by atoms with van der Waals surface area (Å²) in [5.74, 6) is -0.465. The number of carbonyl (C=O) groups is 1. The van der Waals surface area contributed by atoms with Gasteiger partial charge in [-0.2, -0.15) is 26.3 Å². The molecule has 0 spiro atoms. The fourth-order valence-electron chi connectivity index (χ4n) is 5.75. The van der Waals surface area contributed by atoms with Crippen LogP contribution in [-0.4, -0.2) is 47.0 Å². The topological polar surface area (TPSA) is 70.0 Å². The van der Waals surface area contributed by atoms with Crippen LogP contribution in [0.2, 0.25) is 0 Å². The standard InChI is InChI=1S/C26H27F6NO4/c1-14-4-2-3-5-19(14)23-20-12-33(24(35)36)11-15(20)6-7-21(23)37-22(13-34)16-8-17(25(27,28)29)10-18(9-16)26(30,31)32/h2-5,8-10,15,20-23,34H,6-7,11-13H2,1H3,(H,35,36)/t15?,20?,21?,22-,23?/m1/s1. The zero-order valence-electron chi connectivity index (χ0n) is 19.9. The van der Waals surface area contributed by atoms with Crippen LogP contribution in [0.4, 0.5) is 31.1 Å². The van der Waals surface area contributed by atoms with Gasteiger partial charge in [-0.25, -0.2) is 4.79 Å². The second-order valence-corrected chi connectivity index (χ2v) is 9.76. The van der Waals surface area contributed by atoms with Crippen LogP contribution >= 0.6 is 0 Å². The molecule has 4 rings (SSSR count). The monoisotopic (exact) mass is 531 g/mol. The molecule has 4 unspecified atom stereocenters. The Kier molecular flexibility index (Phi) is 7.49. The van der Waals surface area contributed by atoms with E-state index in [-0.39, 0.29) is 30.4 Å². The quantitative estimate of drug-likeness (QED) is 0.448. The average molecular weight is 531 g/mol. The van der Waals surface area contributed by atoms with Crippen molar-refractivity contribution in [3.05, 3.63) is 70.3 Å². The van der Waals surface area contributed by atoms with E-state index in [0.717, 1.165) is 11.1 Å². The molecule has 1 aliphatic carbocycles. The number of alkyl halides is 6. The van der Waals surface area contributed by atoms with Crippen LogP contribution < -0.4 is 0 Å². The second kappa shape index (κ2) is 10.2. The molecule has 1 aliphatic heterocycles. The summed E-state index contributed by atoms with van der Waals surface area (Å²) in [6.45, 7) is 1.64. The van der Waals surface area contributed by atoms with Gasteiger partial charge in [-0.15, -0.1) is 0 Å². The smallest absolute Gasteiger partial charge is 0.416 e. The molecule has 202 valence electrons. The lowest BCUT2D eigenvalue weighted by atomic mass is 9.68. The maximum absolute atomic E-state index is 13.4. The summed E-state index contributed by atoms with van der Waals surface area (Å²) in [5.41, 5.74) is -1.59. The van der Waals surface area contributed by atoms with Crippen LogP contribution in [0.25, 0.3) is 0 Å². The van der Waals surface area contributed by atoms with Gasteiger partial charge in [0.15, 0.2) is 0 Å². The first-order chi connectivity index (χ1) is 17.3. The minimum Gasteiger partial charge on any atom is -0.465 e. The largest absolute Gasteiger partial charge is 0.465 e. The van der Waals surface area contributed by atoms with E-state index in [1.165, 1.54) is 4.90 Å². The van der Waals surface area contributed by atoms with Crippen LogP contribution in [0.3, 0.4) is 0 Å². The number of ether oxygens (including phenoxy) is 1. The van der Waals surface area contributed by atoms with Crippen LogP contribution in [0.1, 0.15) is 52.7 Å². The molecule has 2 aromatic carbocycles. The molecule has 11 heteroatoms. The van der Waals surface area contributed by atoms with Gasteiger partial charge in [0.25, 0.3) is 0 Å². The third kappa shape index (κ3) is 5.72. The van der Waals surface area contributed by atoms with Gasteiger partial charge in [0.1, 0.15) is 6.10 Å². The molecule has 2 fully saturated rings. The van der Waals surface area contributed by atoms with E-state index in [9.17, 15) is 41.4 Å². The number of likely N-dealkylation sites (tertiary alicyclic amines) is 1. The van der Waals surface area contributed by atoms with Gasteiger partial charge in [0.05, 0.1) is 23.8 Å². The number of amides is 1. The second-order valence-electron chi connectivity index (χ2n) is 9.76. The van der Waals surface area contributed by atoms with E-state index < -0.39 is 54.0 Å². The fourth-order valence-corrected chi connectivity index (χ4v) is 5.75. The lowest BCUT2D eigenvalue weighted by molar-refractivity contribution is -0.143. The molecule has 2 N–H and O–H groups in total. The van der Waals surface area contributed by atoms with E-state index in [2.05, 4.69) is 0 Å². The summed E-state index contributed by atoms with van der Waals surface area (Å²) in [5, 5.41) is 19.6. The highest BCUT2D eigenvalue weighted by atomic mass is 19.4. The Balaban J connectivity index is 1.71. The van der Waals surface area contributed by atoms with Crippen molar-refractivity contribution >= 4 is 6.09 Å². The number of nitrogens with zero attached hydrogens (tertiary/aromatic N) is 1. The Morgan fingerprint density at radius 3 is 2.19 bits per heavy atom. The third-order valence-corrected chi connectivity index (χ3v) is 7.48. The fraction of sp³-hybridized carbons (Fsp3) is 0.500. The first-order valence-electron chi connectivity index (χ1n) is 11.9. The van der Waals surface area contributed by atoms with Gasteiger partial charge in [0, 0.05) is 19.0 Å². The van der Waals surface area contributed by atoms with Crippen molar-refractivity contribution in [1.29, 1.82) is 0 Å². The average Bonchev–Trinajstić information content (AvgIpc) is 3.26. The van der Waals surface area contributed by atoms with Crippen molar-refractivity contribution in [2.24, 2.45) is 11.8 Å². The van der Waals surface area contributed by atoms with Gasteiger partial charge >= 0.3 is 18.4 Å². The molecule has 1 amide bonds. The highest BCUT2D eigenvalue weighted by molar-refractivity contribution is 5.65. The summed E-state index contributed by atoms with van der Waals surface area (Å²) >= 11 is 0. The van der Waals surface area contributed by atoms with Crippen molar-refractivity contribution in [1.82, 2.24) is 4.90 Å². The van der Waals surface area contributed by atoms with Gasteiger partial charge < -0.3 is 19.8 Å². The van der Waals surface area contributed by atoms with Crippen LogP contribution in [0.15, 0.2) is 42.5 Å². The summed E-state index contributed by atoms with van der Waals surface area (Å²) in [6, 6.07) is 8.61. The van der Waals surface area contributed by atoms with Crippen molar-refractivity contribution in [2.45, 2.75) is 50.2 Å². The van der Waals surface area contributed by atoms with E-state index in [0.29, 0.717) is 31.5 Å². The first-order valence-corrected chi connectivity index (χ1v) is 11.9. The number of halogens is 6. The Morgan fingerprint density at radius 1 is 1.03 bits per heavy atom. The predicted molar refractivity (Wildman–Crippen MR) is 121 cm³/mol. The molecule has 1 heterocycles. The molecular formula is C26H27F6NO4. The number of aryl methyl sites for hydroxylation is 1. The summed E-state index contributed by atoms with van der Waals surface area (Å²) in [7, 11) is 0. The minimum absolute atomic E-state index is 0.0400. The number of aliphatic hydroxyl groups excluding tert-OH is 1. The van der Waals surface area contributed by atoms with Crippen molar-refractivity contribution in [2.75, 3.05) is 19.7 Å². The molecule has 0 aromatic heterocycles. The Bertz CT molecular complexity index is 1100. The Hall–Kier alpha value is -2.79. The SMILES string of the molecule is Cc1ccccc1C1C(O[C@H](CO)c2cc(C(F)(F)F)cc(C(F)(F)F)c2)CCC2CN(C(=O)O)CC21. The highest BCUT2D eigenvalue weighted by Crippen LogP contribution is 2.48. The molecule has 5 atom stereocenters. The van der Waals surface area contributed by atoms with E-state index >= 15 is 0 Å². The molecule has 5 nitrogen and oxygen atoms in total. The Morgan fingerprint density at radius 2 is 1.65 bits per heavy atom. The molecule has 37 heavy (non-hydrogen) atoms. The van der Waals surface area contributed by atoms with Gasteiger partial charge in [-0.1, -0.05) is 24.3 Å². The first kappa shape index (κ1) is 27.3. The normalized spacial score (nSPS) is 25.1. The lowest BCUT2D eigenvalue weighted by Crippen LogP contribution is -2.39. The van der Waals surface area contributed by atoms with E-state index in [1.54, 1.807) is 0 Å². The molecule has 1 saturated carbocycles. The number of benzene rings is 2. The highest BCUT2D eigenvalue weighted by Gasteiger charge is 2.48. The predicted octanol–water partition coefficient (Wildman–Crippen LogP) is 6.25. The van der Waals surface area contributed by atoms with Crippen molar-refractivity contribution < 1.29 is 46.1 Å².